The van der Waals surface area contributed by atoms with E-state index in [1.54, 1.807) is 19.1 Å². The second kappa shape index (κ2) is 5.64. The van der Waals surface area contributed by atoms with Crippen LogP contribution in [0.5, 0.6) is 0 Å². The molecule has 0 bridgehead atoms. The summed E-state index contributed by atoms with van der Waals surface area (Å²) in [5.74, 6) is 0. The Morgan fingerprint density at radius 1 is 1.36 bits per heavy atom. The Bertz CT molecular complexity index is 751. The topological polar surface area (TPSA) is 110 Å². The summed E-state index contributed by atoms with van der Waals surface area (Å²) in [6, 6.07) is 5.76. The van der Waals surface area contributed by atoms with Gasteiger partial charge in [0, 0.05) is 12.5 Å². The fourth-order valence-corrected chi connectivity index (χ4v) is 3.57. The van der Waals surface area contributed by atoms with Crippen LogP contribution in [0, 0.1) is 6.92 Å². The maximum absolute atomic E-state index is 12.8. The van der Waals surface area contributed by atoms with Crippen molar-refractivity contribution in [2.45, 2.75) is 31.2 Å². The second-order valence-electron chi connectivity index (χ2n) is 5.33. The van der Waals surface area contributed by atoms with Crippen molar-refractivity contribution in [2.75, 3.05) is 0 Å². The predicted octanol–water partition coefficient (Wildman–Crippen LogP) is 1.80. The summed E-state index contributed by atoms with van der Waals surface area (Å²) in [5, 5.41) is 9.49. The molecule has 7 nitrogen and oxygen atoms in total. The summed E-state index contributed by atoms with van der Waals surface area (Å²) in [6.45, 7) is 3.55. The first-order chi connectivity index (χ1) is 10.2. The van der Waals surface area contributed by atoms with E-state index in [-0.39, 0.29) is 10.9 Å². The van der Waals surface area contributed by atoms with Crippen molar-refractivity contribution in [3.63, 3.8) is 0 Å². The minimum Gasteiger partial charge on any atom is -0.434 e. The van der Waals surface area contributed by atoms with E-state index in [1.807, 2.05) is 6.92 Å². The van der Waals surface area contributed by atoms with E-state index in [9.17, 15) is 18.3 Å². The molecule has 2 rings (SSSR count). The van der Waals surface area contributed by atoms with E-state index in [1.165, 1.54) is 12.1 Å². The lowest BCUT2D eigenvalue weighted by atomic mass is 10.2. The van der Waals surface area contributed by atoms with Gasteiger partial charge in [-0.25, -0.2) is 4.99 Å². The summed E-state index contributed by atoms with van der Waals surface area (Å²) >= 11 is 0. The Kier molecular flexibility index (Phi) is 4.19. The highest BCUT2D eigenvalue weighted by Gasteiger charge is 2.52. The Labute approximate surface area is 129 Å². The molecule has 1 amide bonds. The molecule has 1 aromatic carbocycles. The van der Waals surface area contributed by atoms with Gasteiger partial charge in [-0.1, -0.05) is 17.7 Å². The Balaban J connectivity index is 2.54. The highest BCUT2D eigenvalue weighted by atomic mass is 32.2. The third kappa shape index (κ3) is 2.68. The maximum Gasteiger partial charge on any atom is 0.540 e. The smallest absolute Gasteiger partial charge is 0.434 e. The van der Waals surface area contributed by atoms with Crippen LogP contribution in [0.25, 0.3) is 0 Å². The number of carbonyl (C=O) groups is 1. The molecule has 0 fully saturated rings. The molecule has 2 atom stereocenters. The summed E-state index contributed by atoms with van der Waals surface area (Å²) in [4.78, 5) is 15.5. The molecule has 1 aliphatic rings. The van der Waals surface area contributed by atoms with Gasteiger partial charge in [0.1, 0.15) is 10.6 Å². The van der Waals surface area contributed by atoms with Crippen molar-refractivity contribution in [3.05, 3.63) is 41.7 Å². The molecule has 1 aliphatic heterocycles. The standard InChI is InChI=1S/C14H17N3O4S/c1-10-3-5-13(6-4-10)22(20,21)17(14(18)19)8-12(16-9-17)7-11(2)15/h3-6,8-9,11H,7,15H2,1-2H3/p+1/t11-,17?/m1/s1. The number of aryl methyl sites for hydroxylation is 1. The Hall–Kier alpha value is -2.03. The molecule has 0 spiro atoms. The molecule has 0 saturated heterocycles. The number of quaternary nitrogens is 1. The zero-order valence-corrected chi connectivity index (χ0v) is 13.1. The molecule has 0 saturated carbocycles. The molecule has 0 aliphatic carbocycles. The number of nitrogens with zero attached hydrogens (tertiary/aromatic N) is 2. The second-order valence-corrected chi connectivity index (χ2v) is 7.35. The highest BCUT2D eigenvalue weighted by molar-refractivity contribution is 7.86. The third-order valence-corrected chi connectivity index (χ3v) is 5.30. The minimum absolute atomic E-state index is 0.0785. The van der Waals surface area contributed by atoms with Gasteiger partial charge in [-0.15, -0.1) is 0 Å². The van der Waals surface area contributed by atoms with Crippen molar-refractivity contribution in [1.29, 1.82) is 0 Å². The van der Waals surface area contributed by atoms with Crippen LogP contribution in [0.4, 0.5) is 4.79 Å². The number of hydrogen-bond acceptors (Lipinski definition) is 5. The highest BCUT2D eigenvalue weighted by Crippen LogP contribution is 2.30. The van der Waals surface area contributed by atoms with Gasteiger partial charge in [0.15, 0.2) is 6.20 Å². The van der Waals surface area contributed by atoms with Gasteiger partial charge < -0.3 is 10.8 Å². The maximum atomic E-state index is 12.8. The van der Waals surface area contributed by atoms with Crippen LogP contribution in [0.3, 0.4) is 0 Å². The summed E-state index contributed by atoms with van der Waals surface area (Å²) in [6.07, 6.45) is 0.785. The first kappa shape index (κ1) is 16.3. The van der Waals surface area contributed by atoms with Crippen molar-refractivity contribution in [2.24, 2.45) is 10.7 Å². The molecule has 118 valence electrons. The molecule has 0 aromatic heterocycles. The lowest BCUT2D eigenvalue weighted by Gasteiger charge is -2.19. The molecule has 1 aromatic rings. The molecule has 22 heavy (non-hydrogen) atoms. The number of carboxylic acid groups (broad SMARTS) is 1. The van der Waals surface area contributed by atoms with Gasteiger partial charge in [0.25, 0.3) is 0 Å². The largest absolute Gasteiger partial charge is 0.540 e. The van der Waals surface area contributed by atoms with Crippen molar-refractivity contribution in [1.82, 2.24) is 0 Å². The van der Waals surface area contributed by atoms with Crippen LogP contribution >= 0.6 is 0 Å². The number of rotatable bonds is 4. The molecule has 3 N–H and O–H groups in total. The van der Waals surface area contributed by atoms with Crippen molar-refractivity contribution >= 4 is 22.5 Å². The number of sulfonamides is 1. The third-order valence-electron chi connectivity index (χ3n) is 3.28. The van der Waals surface area contributed by atoms with Crippen molar-refractivity contribution < 1.29 is 22.2 Å². The van der Waals surface area contributed by atoms with Gasteiger partial charge in [-0.2, -0.15) is 13.2 Å². The van der Waals surface area contributed by atoms with Crippen LogP contribution in [-0.2, 0) is 10.0 Å². The van der Waals surface area contributed by atoms with Gasteiger partial charge in [0.2, 0.25) is 6.34 Å². The minimum atomic E-state index is -4.21. The van der Waals surface area contributed by atoms with Crippen LogP contribution in [0.1, 0.15) is 18.9 Å². The molecule has 0 radical (unpaired) electrons. The number of aliphatic imine (C=N–C) groups is 1. The Morgan fingerprint density at radius 2 is 1.95 bits per heavy atom. The predicted molar refractivity (Wildman–Crippen MR) is 81.5 cm³/mol. The number of benzene rings is 1. The van der Waals surface area contributed by atoms with E-state index < -0.39 is 20.0 Å². The van der Waals surface area contributed by atoms with Crippen LogP contribution in [-0.4, -0.2) is 35.9 Å². The normalized spacial score (nSPS) is 22.4. The van der Waals surface area contributed by atoms with E-state index in [4.69, 9.17) is 5.73 Å². The van der Waals surface area contributed by atoms with Crippen LogP contribution < -0.4 is 5.73 Å². The zero-order valence-electron chi connectivity index (χ0n) is 12.3. The quantitative estimate of drug-likeness (QED) is 0.821. The monoisotopic (exact) mass is 324 g/mol. The number of amides is 1. The zero-order chi connectivity index (χ0) is 16.5. The first-order valence-corrected chi connectivity index (χ1v) is 8.09. The van der Waals surface area contributed by atoms with Gasteiger partial charge in [-0.3, -0.25) is 0 Å². The van der Waals surface area contributed by atoms with Crippen molar-refractivity contribution in [3.8, 4) is 0 Å². The average molecular weight is 324 g/mol. The molecule has 8 heteroatoms. The van der Waals surface area contributed by atoms with E-state index in [2.05, 4.69) is 4.99 Å². The van der Waals surface area contributed by atoms with Gasteiger partial charge in [-0.05, 0) is 29.9 Å². The fourth-order valence-electron chi connectivity index (χ4n) is 2.11. The summed E-state index contributed by atoms with van der Waals surface area (Å²) in [7, 11) is -4.21. The average Bonchev–Trinajstić information content (AvgIpc) is 2.84. The van der Waals surface area contributed by atoms with Gasteiger partial charge >= 0.3 is 16.1 Å². The summed E-state index contributed by atoms with van der Waals surface area (Å²) in [5.41, 5.74) is 6.87. The fraction of sp³-hybridized carbons (Fsp3) is 0.286. The molecule has 1 unspecified atom stereocenters. The molecule has 1 heterocycles. The van der Waals surface area contributed by atoms with E-state index >= 15 is 0 Å². The molecular weight excluding hydrogens is 306 g/mol. The van der Waals surface area contributed by atoms with Crippen LogP contribution in [0.15, 0.2) is 46.1 Å². The lowest BCUT2D eigenvalue weighted by molar-refractivity contribution is -0.554. The first-order valence-electron chi connectivity index (χ1n) is 6.65. The number of hydrogen-bond donors (Lipinski definition) is 2. The SMILES string of the molecule is Cc1ccc(S(=O)(=O)[N+]2(C(=O)O)C=NC(C[C@@H](C)N)=C2)cc1. The summed E-state index contributed by atoms with van der Waals surface area (Å²) < 4.78 is 24.2. The molecular formula is C14H18N3O4S+. The number of nitrogens with two attached hydrogens (primary N) is 1. The lowest BCUT2D eigenvalue weighted by Crippen LogP contribution is -2.49. The van der Waals surface area contributed by atoms with Crippen LogP contribution in [0.2, 0.25) is 0 Å². The Morgan fingerprint density at radius 3 is 2.45 bits per heavy atom. The van der Waals surface area contributed by atoms with E-state index in [0.717, 1.165) is 18.1 Å². The van der Waals surface area contributed by atoms with Gasteiger partial charge in [0.05, 0.1) is 0 Å². The van der Waals surface area contributed by atoms with E-state index in [0.29, 0.717) is 12.1 Å².